The van der Waals surface area contributed by atoms with Crippen LogP contribution in [0.25, 0.3) is 0 Å². The summed E-state index contributed by atoms with van der Waals surface area (Å²) >= 11 is 0. The zero-order chi connectivity index (χ0) is 18.1. The van der Waals surface area contributed by atoms with Gasteiger partial charge in [0, 0.05) is 32.6 Å². The lowest BCUT2D eigenvalue weighted by molar-refractivity contribution is 0.584. The van der Waals surface area contributed by atoms with Crippen LogP contribution in [0.1, 0.15) is 25.2 Å². The first kappa shape index (κ1) is 22.3. The summed E-state index contributed by atoms with van der Waals surface area (Å²) in [6, 6.07) is 3.47. The minimum atomic E-state index is -0.439. The number of hydrogen-bond acceptors (Lipinski definition) is 3. The number of nitrogens with one attached hydrogen (secondary N) is 2. The van der Waals surface area contributed by atoms with Crippen LogP contribution >= 0.6 is 24.0 Å². The zero-order valence-corrected chi connectivity index (χ0v) is 17.3. The van der Waals surface area contributed by atoms with Gasteiger partial charge in [-0.1, -0.05) is 6.92 Å². The SMILES string of the molecule is CCNC(=NCCc1cc(F)ccc1F)NCCn1cnnc1CC.I. The van der Waals surface area contributed by atoms with Crippen LogP contribution in [-0.4, -0.2) is 40.4 Å². The quantitative estimate of drug-likeness (QED) is 0.348. The maximum atomic E-state index is 13.6. The van der Waals surface area contributed by atoms with Crippen LogP contribution in [0.2, 0.25) is 0 Å². The number of rotatable bonds is 8. The van der Waals surface area contributed by atoms with Crippen LogP contribution < -0.4 is 10.6 Å². The largest absolute Gasteiger partial charge is 0.357 e. The van der Waals surface area contributed by atoms with Crippen molar-refractivity contribution in [3.8, 4) is 0 Å². The Balaban J connectivity index is 0.00000338. The van der Waals surface area contributed by atoms with Gasteiger partial charge in [-0.05, 0) is 37.1 Å². The molecule has 0 aliphatic rings. The van der Waals surface area contributed by atoms with Crippen LogP contribution in [0.4, 0.5) is 8.78 Å². The Hall–Kier alpha value is -1.78. The summed E-state index contributed by atoms with van der Waals surface area (Å²) in [5.41, 5.74) is 0.330. The molecule has 1 aromatic heterocycles. The summed E-state index contributed by atoms with van der Waals surface area (Å²) in [7, 11) is 0. The van der Waals surface area contributed by atoms with E-state index in [2.05, 4.69) is 25.8 Å². The normalized spacial score (nSPS) is 11.2. The predicted octanol–water partition coefficient (Wildman–Crippen LogP) is 2.53. The summed E-state index contributed by atoms with van der Waals surface area (Å²) < 4.78 is 28.8. The molecule has 0 aliphatic heterocycles. The Kier molecular flexibility index (Phi) is 10.1. The van der Waals surface area contributed by atoms with Crippen molar-refractivity contribution in [3.05, 3.63) is 47.5 Å². The second-order valence-electron chi connectivity index (χ2n) is 5.47. The first-order valence-electron chi connectivity index (χ1n) is 8.46. The molecule has 2 rings (SSSR count). The summed E-state index contributed by atoms with van der Waals surface area (Å²) in [4.78, 5) is 4.41. The van der Waals surface area contributed by atoms with E-state index in [1.807, 2.05) is 18.4 Å². The van der Waals surface area contributed by atoms with E-state index in [0.717, 1.165) is 30.9 Å². The summed E-state index contributed by atoms with van der Waals surface area (Å²) in [5.74, 6) is 0.732. The molecule has 0 aliphatic carbocycles. The number of benzene rings is 1. The number of aryl methyl sites for hydroxylation is 1. The average Bonchev–Trinajstić information content (AvgIpc) is 3.05. The molecule has 0 atom stereocenters. The fourth-order valence-corrected chi connectivity index (χ4v) is 2.40. The Labute approximate surface area is 169 Å². The highest BCUT2D eigenvalue weighted by molar-refractivity contribution is 14.0. The number of halogens is 3. The monoisotopic (exact) mass is 478 g/mol. The minimum absolute atomic E-state index is 0. The van der Waals surface area contributed by atoms with Crippen LogP contribution in [0.3, 0.4) is 0 Å². The Morgan fingerprint density at radius 3 is 2.77 bits per heavy atom. The van der Waals surface area contributed by atoms with E-state index < -0.39 is 11.6 Å². The number of guanidine groups is 1. The van der Waals surface area contributed by atoms with E-state index >= 15 is 0 Å². The fraction of sp³-hybridized carbons (Fsp3) is 0.471. The Morgan fingerprint density at radius 2 is 2.04 bits per heavy atom. The lowest BCUT2D eigenvalue weighted by Crippen LogP contribution is -2.39. The molecule has 6 nitrogen and oxygen atoms in total. The molecule has 26 heavy (non-hydrogen) atoms. The molecule has 0 unspecified atom stereocenters. The van der Waals surface area contributed by atoms with Crippen molar-refractivity contribution in [2.75, 3.05) is 19.6 Å². The lowest BCUT2D eigenvalue weighted by atomic mass is 10.1. The molecule has 0 saturated heterocycles. The van der Waals surface area contributed by atoms with E-state index in [0.29, 0.717) is 37.6 Å². The van der Waals surface area contributed by atoms with Gasteiger partial charge in [0.2, 0.25) is 0 Å². The minimum Gasteiger partial charge on any atom is -0.357 e. The molecule has 9 heteroatoms. The van der Waals surface area contributed by atoms with Crippen LogP contribution in [0, 0.1) is 11.6 Å². The number of aliphatic imine (C=N–C) groups is 1. The first-order valence-corrected chi connectivity index (χ1v) is 8.46. The lowest BCUT2D eigenvalue weighted by Gasteiger charge is -2.12. The highest BCUT2D eigenvalue weighted by Gasteiger charge is 2.05. The molecule has 0 saturated carbocycles. The second kappa shape index (κ2) is 11.8. The van der Waals surface area contributed by atoms with Crippen molar-refractivity contribution in [1.82, 2.24) is 25.4 Å². The van der Waals surface area contributed by atoms with Gasteiger partial charge < -0.3 is 15.2 Å². The number of hydrogen-bond donors (Lipinski definition) is 2. The summed E-state index contributed by atoms with van der Waals surface area (Å²) in [6.07, 6.45) is 2.87. The van der Waals surface area contributed by atoms with Gasteiger partial charge in [-0.25, -0.2) is 8.78 Å². The Morgan fingerprint density at radius 1 is 1.23 bits per heavy atom. The third-order valence-electron chi connectivity index (χ3n) is 3.66. The van der Waals surface area contributed by atoms with Crippen molar-refractivity contribution in [2.24, 2.45) is 4.99 Å². The molecule has 2 N–H and O–H groups in total. The first-order chi connectivity index (χ1) is 12.1. The van der Waals surface area contributed by atoms with Gasteiger partial charge in [0.1, 0.15) is 23.8 Å². The van der Waals surface area contributed by atoms with E-state index in [4.69, 9.17) is 0 Å². The number of aromatic nitrogens is 3. The van der Waals surface area contributed by atoms with Gasteiger partial charge in [-0.15, -0.1) is 34.2 Å². The summed E-state index contributed by atoms with van der Waals surface area (Å²) in [6.45, 7) is 6.46. The standard InChI is InChI=1S/C17H24F2N6.HI/c1-3-16-24-23-12-25(16)10-9-22-17(20-4-2)21-8-7-13-11-14(18)5-6-15(13)19;/h5-6,11-12H,3-4,7-10H2,1-2H3,(H2,20,21,22);1H. The van der Waals surface area contributed by atoms with Gasteiger partial charge in [0.15, 0.2) is 5.96 Å². The molecule has 0 bridgehead atoms. The molecule has 144 valence electrons. The van der Waals surface area contributed by atoms with Crippen molar-refractivity contribution < 1.29 is 8.78 Å². The van der Waals surface area contributed by atoms with Crippen LogP contribution in [0.15, 0.2) is 29.5 Å². The third-order valence-corrected chi connectivity index (χ3v) is 3.66. The maximum absolute atomic E-state index is 13.6. The molecule has 1 heterocycles. The highest BCUT2D eigenvalue weighted by atomic mass is 127. The molecular formula is C17H25F2IN6. The van der Waals surface area contributed by atoms with Crippen molar-refractivity contribution in [2.45, 2.75) is 33.2 Å². The van der Waals surface area contributed by atoms with E-state index in [9.17, 15) is 8.78 Å². The van der Waals surface area contributed by atoms with Gasteiger partial charge in [0.25, 0.3) is 0 Å². The van der Waals surface area contributed by atoms with Crippen LogP contribution in [-0.2, 0) is 19.4 Å². The third kappa shape index (κ3) is 6.85. The smallest absolute Gasteiger partial charge is 0.191 e. The summed E-state index contributed by atoms with van der Waals surface area (Å²) in [5, 5.41) is 14.3. The molecule has 0 fully saturated rings. The van der Waals surface area contributed by atoms with Gasteiger partial charge >= 0.3 is 0 Å². The fourth-order valence-electron chi connectivity index (χ4n) is 2.40. The Bertz CT molecular complexity index is 704. The molecule has 1 aromatic carbocycles. The average molecular weight is 478 g/mol. The second-order valence-corrected chi connectivity index (χ2v) is 5.47. The van der Waals surface area contributed by atoms with Gasteiger partial charge in [0.05, 0.1) is 0 Å². The molecule has 0 amide bonds. The van der Waals surface area contributed by atoms with Gasteiger partial charge in [-0.3, -0.25) is 4.99 Å². The topological polar surface area (TPSA) is 67.1 Å². The van der Waals surface area contributed by atoms with Crippen molar-refractivity contribution in [1.29, 1.82) is 0 Å². The molecule has 0 radical (unpaired) electrons. The van der Waals surface area contributed by atoms with E-state index in [1.54, 1.807) is 6.33 Å². The van der Waals surface area contributed by atoms with E-state index in [-0.39, 0.29) is 24.0 Å². The molecule has 0 spiro atoms. The molecular weight excluding hydrogens is 453 g/mol. The molecule has 2 aromatic rings. The maximum Gasteiger partial charge on any atom is 0.191 e. The van der Waals surface area contributed by atoms with Crippen LogP contribution in [0.5, 0.6) is 0 Å². The number of nitrogens with zero attached hydrogens (tertiary/aromatic N) is 4. The van der Waals surface area contributed by atoms with Gasteiger partial charge in [-0.2, -0.15) is 0 Å². The predicted molar refractivity (Wildman–Crippen MR) is 109 cm³/mol. The highest BCUT2D eigenvalue weighted by Crippen LogP contribution is 2.10. The zero-order valence-electron chi connectivity index (χ0n) is 15.0. The van der Waals surface area contributed by atoms with Crippen molar-refractivity contribution in [3.63, 3.8) is 0 Å². The van der Waals surface area contributed by atoms with Crippen molar-refractivity contribution >= 4 is 29.9 Å². The van der Waals surface area contributed by atoms with E-state index in [1.165, 1.54) is 6.07 Å².